The van der Waals surface area contributed by atoms with Crippen LogP contribution in [0.2, 0.25) is 0 Å². The van der Waals surface area contributed by atoms with Gasteiger partial charge in [-0.3, -0.25) is 0 Å². The van der Waals surface area contributed by atoms with Gasteiger partial charge in [0.05, 0.1) is 0 Å². The molecule has 0 aromatic carbocycles. The van der Waals surface area contributed by atoms with E-state index in [0.717, 1.165) is 0 Å². The summed E-state index contributed by atoms with van der Waals surface area (Å²) in [6, 6.07) is -1.47. The predicted molar refractivity (Wildman–Crippen MR) is 63.7 cm³/mol. The highest BCUT2D eigenvalue weighted by molar-refractivity contribution is 5.82. The topological polar surface area (TPSA) is 89.9 Å². The van der Waals surface area contributed by atoms with Crippen LogP contribution in [-0.2, 0) is 4.79 Å². The second kappa shape index (κ2) is 7.11. The smallest absolute Gasteiger partial charge is 0.326 e. The number of amides is 2. The maximum absolute atomic E-state index is 11.7. The normalized spacial score (nSPS) is 14.2. The van der Waals surface area contributed by atoms with Crippen molar-refractivity contribution >= 4 is 12.0 Å². The molecule has 0 spiro atoms. The number of hydrogen-bond donors (Lipinski definition) is 3. The summed E-state index contributed by atoms with van der Waals surface area (Å²) in [6.07, 6.45) is 0.00493. The molecule has 0 aromatic heterocycles. The van der Waals surface area contributed by atoms with E-state index in [1.54, 1.807) is 7.05 Å². The van der Waals surface area contributed by atoms with Crippen molar-refractivity contribution < 1.29 is 19.8 Å². The molecule has 2 amide bonds. The lowest BCUT2D eigenvalue weighted by Crippen LogP contribution is -2.50. The first kappa shape index (κ1) is 15.7. The molecular weight excluding hydrogens is 224 g/mol. The first-order valence-corrected chi connectivity index (χ1v) is 5.68. The van der Waals surface area contributed by atoms with Crippen LogP contribution in [-0.4, -0.2) is 52.9 Å². The first-order valence-electron chi connectivity index (χ1n) is 5.68. The number of aliphatic carboxylic acids is 1. The summed E-state index contributed by atoms with van der Waals surface area (Å²) in [6.45, 7) is 5.58. The van der Waals surface area contributed by atoms with Gasteiger partial charge in [-0.15, -0.1) is 0 Å². The molecule has 17 heavy (non-hydrogen) atoms. The fourth-order valence-electron chi connectivity index (χ4n) is 1.27. The van der Waals surface area contributed by atoms with E-state index in [-0.39, 0.29) is 25.0 Å². The highest BCUT2D eigenvalue weighted by atomic mass is 16.4. The number of carbonyl (C=O) groups is 2. The summed E-state index contributed by atoms with van der Waals surface area (Å²) >= 11 is 0. The Kier molecular flexibility index (Phi) is 6.57. The highest BCUT2D eigenvalue weighted by Crippen LogP contribution is 2.08. The molecule has 0 rings (SSSR count). The maximum Gasteiger partial charge on any atom is 0.326 e. The number of urea groups is 1. The Morgan fingerprint density at radius 3 is 2.18 bits per heavy atom. The molecule has 100 valence electrons. The lowest BCUT2D eigenvalue weighted by Gasteiger charge is -2.29. The number of carboxylic acids is 1. The van der Waals surface area contributed by atoms with Crippen LogP contribution in [0.4, 0.5) is 4.79 Å². The minimum atomic E-state index is -1.14. The van der Waals surface area contributed by atoms with Gasteiger partial charge in [-0.05, 0) is 12.8 Å². The lowest BCUT2D eigenvalue weighted by atomic mass is 10.1. The van der Waals surface area contributed by atoms with Crippen molar-refractivity contribution in [3.63, 3.8) is 0 Å². The number of nitrogens with zero attached hydrogens (tertiary/aromatic N) is 1. The third-order valence-electron chi connectivity index (χ3n) is 2.91. The zero-order valence-corrected chi connectivity index (χ0v) is 10.8. The van der Waals surface area contributed by atoms with E-state index < -0.39 is 18.0 Å². The molecule has 0 aromatic rings. The number of aliphatic hydroxyl groups excluding tert-OH is 1. The molecule has 0 fully saturated rings. The van der Waals surface area contributed by atoms with Crippen molar-refractivity contribution in [3.05, 3.63) is 0 Å². The van der Waals surface area contributed by atoms with Gasteiger partial charge in [-0.2, -0.15) is 0 Å². The predicted octanol–water partition coefficient (Wildman–Crippen LogP) is 0.508. The van der Waals surface area contributed by atoms with E-state index in [0.29, 0.717) is 0 Å². The summed E-state index contributed by atoms with van der Waals surface area (Å²) in [4.78, 5) is 24.0. The lowest BCUT2D eigenvalue weighted by molar-refractivity contribution is -0.139. The molecule has 0 aliphatic carbocycles. The molecule has 6 heteroatoms. The Hall–Kier alpha value is -1.30. The average Bonchev–Trinajstić information content (AvgIpc) is 2.25. The van der Waals surface area contributed by atoms with Gasteiger partial charge in [-0.1, -0.05) is 13.8 Å². The largest absolute Gasteiger partial charge is 0.480 e. The number of nitrogens with one attached hydrogen (secondary N) is 1. The molecule has 0 bridgehead atoms. The van der Waals surface area contributed by atoms with Gasteiger partial charge in [0, 0.05) is 26.1 Å². The third-order valence-corrected chi connectivity index (χ3v) is 2.91. The van der Waals surface area contributed by atoms with Gasteiger partial charge < -0.3 is 20.4 Å². The molecule has 0 radical (unpaired) electrons. The Morgan fingerprint density at radius 2 is 1.82 bits per heavy atom. The minimum Gasteiger partial charge on any atom is -0.480 e. The van der Waals surface area contributed by atoms with Crippen LogP contribution in [0.5, 0.6) is 0 Å². The Labute approximate surface area is 102 Å². The summed E-state index contributed by atoms with van der Waals surface area (Å²) in [5, 5.41) is 19.9. The Morgan fingerprint density at radius 1 is 1.29 bits per heavy atom. The van der Waals surface area contributed by atoms with E-state index in [2.05, 4.69) is 5.32 Å². The molecule has 0 saturated heterocycles. The van der Waals surface area contributed by atoms with Crippen molar-refractivity contribution in [3.8, 4) is 0 Å². The summed E-state index contributed by atoms with van der Waals surface area (Å²) in [5.74, 6) is -0.857. The van der Waals surface area contributed by atoms with E-state index >= 15 is 0 Å². The molecule has 6 nitrogen and oxygen atoms in total. The van der Waals surface area contributed by atoms with Crippen LogP contribution in [0.1, 0.15) is 27.2 Å². The van der Waals surface area contributed by atoms with Gasteiger partial charge >= 0.3 is 12.0 Å². The van der Waals surface area contributed by atoms with E-state index in [9.17, 15) is 9.59 Å². The molecule has 0 heterocycles. The number of rotatable bonds is 6. The third kappa shape index (κ3) is 5.04. The van der Waals surface area contributed by atoms with Crippen LogP contribution in [0.25, 0.3) is 0 Å². The average molecular weight is 246 g/mol. The monoisotopic (exact) mass is 246 g/mol. The van der Waals surface area contributed by atoms with Crippen molar-refractivity contribution in [2.24, 2.45) is 5.92 Å². The second-order valence-corrected chi connectivity index (χ2v) is 4.45. The van der Waals surface area contributed by atoms with Crippen LogP contribution in [0.15, 0.2) is 0 Å². The number of carbonyl (C=O) groups excluding carboxylic acids is 1. The van der Waals surface area contributed by atoms with Crippen molar-refractivity contribution in [1.29, 1.82) is 0 Å². The molecule has 0 saturated carbocycles. The molecule has 0 aliphatic heterocycles. The SMILES string of the molecule is CC(C)C(C)N(C)C(=O)N[C@@H](CCO)C(=O)O. The highest BCUT2D eigenvalue weighted by Gasteiger charge is 2.24. The Bertz CT molecular complexity index is 268. The van der Waals surface area contributed by atoms with Crippen LogP contribution in [0.3, 0.4) is 0 Å². The fourth-order valence-corrected chi connectivity index (χ4v) is 1.27. The van der Waals surface area contributed by atoms with Crippen LogP contribution < -0.4 is 5.32 Å². The number of carboxylic acid groups (broad SMARTS) is 1. The second-order valence-electron chi connectivity index (χ2n) is 4.45. The summed E-state index contributed by atoms with van der Waals surface area (Å²) in [7, 11) is 1.62. The summed E-state index contributed by atoms with van der Waals surface area (Å²) in [5.41, 5.74) is 0. The van der Waals surface area contributed by atoms with Gasteiger partial charge in [0.15, 0.2) is 0 Å². The molecule has 2 atom stereocenters. The maximum atomic E-state index is 11.7. The number of hydrogen-bond acceptors (Lipinski definition) is 3. The van der Waals surface area contributed by atoms with Crippen molar-refractivity contribution in [2.45, 2.75) is 39.3 Å². The van der Waals surface area contributed by atoms with Crippen molar-refractivity contribution in [2.75, 3.05) is 13.7 Å². The molecular formula is C11H22N2O4. The van der Waals surface area contributed by atoms with Crippen LogP contribution >= 0.6 is 0 Å². The van der Waals surface area contributed by atoms with E-state index in [4.69, 9.17) is 10.2 Å². The van der Waals surface area contributed by atoms with E-state index in [1.807, 2.05) is 20.8 Å². The first-order chi connectivity index (χ1) is 7.81. The van der Waals surface area contributed by atoms with Gasteiger partial charge in [0.25, 0.3) is 0 Å². The fraction of sp³-hybridized carbons (Fsp3) is 0.818. The Balaban J connectivity index is 4.45. The zero-order valence-electron chi connectivity index (χ0n) is 10.8. The van der Waals surface area contributed by atoms with E-state index in [1.165, 1.54) is 4.90 Å². The zero-order chi connectivity index (χ0) is 13.6. The standard InChI is InChI=1S/C11H22N2O4/c1-7(2)8(3)13(4)11(17)12-9(5-6-14)10(15)16/h7-9,14H,5-6H2,1-4H3,(H,12,17)(H,15,16)/t8?,9-/m0/s1. The molecule has 1 unspecified atom stereocenters. The molecule has 0 aliphatic rings. The minimum absolute atomic E-state index is 0.00493. The van der Waals surface area contributed by atoms with Crippen LogP contribution in [0, 0.1) is 5.92 Å². The number of aliphatic hydroxyl groups is 1. The summed E-state index contributed by atoms with van der Waals surface area (Å²) < 4.78 is 0. The van der Waals surface area contributed by atoms with Gasteiger partial charge in [-0.25, -0.2) is 9.59 Å². The quantitative estimate of drug-likeness (QED) is 0.637. The van der Waals surface area contributed by atoms with Gasteiger partial charge in [0.1, 0.15) is 6.04 Å². The van der Waals surface area contributed by atoms with Gasteiger partial charge in [0.2, 0.25) is 0 Å². The molecule has 3 N–H and O–H groups in total. The van der Waals surface area contributed by atoms with Crippen molar-refractivity contribution in [1.82, 2.24) is 10.2 Å².